The maximum atomic E-state index is 13.9. The predicted octanol–water partition coefficient (Wildman–Crippen LogP) is 3.20. The van der Waals surface area contributed by atoms with E-state index in [1.54, 1.807) is 4.90 Å². The summed E-state index contributed by atoms with van der Waals surface area (Å²) in [5.41, 5.74) is -1.81. The highest BCUT2D eigenvalue weighted by atomic mass is 32.2. The molecule has 0 unspecified atom stereocenters. The first-order chi connectivity index (χ1) is 15.4. The van der Waals surface area contributed by atoms with Crippen LogP contribution < -0.4 is 9.62 Å². The predicted molar refractivity (Wildman–Crippen MR) is 118 cm³/mol. The van der Waals surface area contributed by atoms with Crippen molar-refractivity contribution in [2.45, 2.75) is 63.3 Å². The van der Waals surface area contributed by atoms with Crippen molar-refractivity contribution in [2.24, 2.45) is 5.41 Å². The van der Waals surface area contributed by atoms with E-state index in [-0.39, 0.29) is 36.0 Å². The molecule has 1 spiro atoms. The maximum Gasteiger partial charge on any atom is 0.418 e. The van der Waals surface area contributed by atoms with Crippen molar-refractivity contribution in [3.05, 3.63) is 23.8 Å². The van der Waals surface area contributed by atoms with E-state index in [0.717, 1.165) is 25.2 Å². The van der Waals surface area contributed by atoms with Gasteiger partial charge in [0, 0.05) is 37.1 Å². The lowest BCUT2D eigenvalue weighted by molar-refractivity contribution is -0.139. The number of carbonyl (C=O) groups excluding carboxylic acids is 1. The van der Waals surface area contributed by atoms with Gasteiger partial charge in [-0.25, -0.2) is 8.42 Å². The fourth-order valence-corrected chi connectivity index (χ4v) is 6.15. The molecular formula is C22H30F3N3O4S. The number of amides is 1. The van der Waals surface area contributed by atoms with Crippen molar-refractivity contribution in [1.82, 2.24) is 4.90 Å². The molecule has 1 amide bonds. The molecule has 1 aromatic carbocycles. The molecule has 3 fully saturated rings. The third-order valence-corrected chi connectivity index (χ3v) is 7.78. The monoisotopic (exact) mass is 489 g/mol. The van der Waals surface area contributed by atoms with Crippen LogP contribution in [0.25, 0.3) is 0 Å². The molecule has 3 aliphatic rings. The number of carbonyl (C=O) groups is 1. The van der Waals surface area contributed by atoms with Gasteiger partial charge in [0.2, 0.25) is 15.9 Å². The van der Waals surface area contributed by atoms with Gasteiger partial charge in [0.25, 0.3) is 0 Å². The van der Waals surface area contributed by atoms with Crippen molar-refractivity contribution in [3.8, 4) is 0 Å². The summed E-state index contributed by atoms with van der Waals surface area (Å²) in [4.78, 5) is 17.0. The number of nitrogens with zero attached hydrogens (tertiary/aromatic N) is 2. The number of nitrogens with one attached hydrogen (secondary N) is 1. The number of anilines is 2. The zero-order valence-electron chi connectivity index (χ0n) is 18.6. The first kappa shape index (κ1) is 24.1. The number of halogens is 3. The first-order valence-electron chi connectivity index (χ1n) is 11.3. The second-order valence-corrected chi connectivity index (χ2v) is 11.4. The number of likely N-dealkylation sites (tertiary alicyclic amines) is 1. The van der Waals surface area contributed by atoms with Crippen molar-refractivity contribution < 1.29 is 31.5 Å². The van der Waals surface area contributed by atoms with Crippen LogP contribution in [-0.2, 0) is 21.0 Å². The summed E-state index contributed by atoms with van der Waals surface area (Å²) in [6, 6.07) is 3.51. The van der Waals surface area contributed by atoms with Gasteiger partial charge in [-0.05, 0) is 63.1 Å². The molecule has 7 nitrogen and oxygen atoms in total. The molecule has 4 rings (SSSR count). The zero-order valence-corrected chi connectivity index (χ0v) is 19.4. The number of piperidine rings is 1. The average Bonchev–Trinajstić information content (AvgIpc) is 3.02. The number of benzene rings is 1. The highest BCUT2D eigenvalue weighted by Crippen LogP contribution is 2.46. The molecule has 2 N–H and O–H groups in total. The Morgan fingerprint density at radius 2 is 1.82 bits per heavy atom. The van der Waals surface area contributed by atoms with E-state index in [4.69, 9.17) is 0 Å². The summed E-state index contributed by atoms with van der Waals surface area (Å²) in [7, 11) is -3.72. The lowest BCUT2D eigenvalue weighted by atomic mass is 9.78. The third-order valence-electron chi connectivity index (χ3n) is 7.18. The lowest BCUT2D eigenvalue weighted by Crippen LogP contribution is -2.50. The third kappa shape index (κ3) is 5.08. The Morgan fingerprint density at radius 1 is 1.12 bits per heavy atom. The molecule has 33 heavy (non-hydrogen) atoms. The first-order valence-corrected chi connectivity index (χ1v) is 13.2. The zero-order chi connectivity index (χ0) is 24.0. The topological polar surface area (TPSA) is 90.0 Å². The summed E-state index contributed by atoms with van der Waals surface area (Å²) >= 11 is 0. The van der Waals surface area contributed by atoms with Crippen LogP contribution in [0.1, 0.15) is 50.5 Å². The van der Waals surface area contributed by atoms with Crippen LogP contribution in [0, 0.1) is 5.41 Å². The van der Waals surface area contributed by atoms with Gasteiger partial charge >= 0.3 is 6.18 Å². The van der Waals surface area contributed by atoms with Gasteiger partial charge in [-0.1, -0.05) is 0 Å². The van der Waals surface area contributed by atoms with Gasteiger partial charge in [-0.15, -0.1) is 0 Å². The highest BCUT2D eigenvalue weighted by Gasteiger charge is 2.51. The molecule has 1 aliphatic carbocycles. The van der Waals surface area contributed by atoms with Gasteiger partial charge in [-0.3, -0.25) is 9.52 Å². The minimum absolute atomic E-state index is 0.0116. The Bertz CT molecular complexity index is 1010. The number of sulfonamides is 1. The van der Waals surface area contributed by atoms with Crippen LogP contribution >= 0.6 is 0 Å². The summed E-state index contributed by atoms with van der Waals surface area (Å²) in [5.74, 6) is 0.0116. The summed E-state index contributed by atoms with van der Waals surface area (Å²) in [6.07, 6.45) is 0.561. The largest absolute Gasteiger partial charge is 0.418 e. The maximum absolute atomic E-state index is 13.9. The van der Waals surface area contributed by atoms with Crippen molar-refractivity contribution in [1.29, 1.82) is 0 Å². The van der Waals surface area contributed by atoms with Crippen molar-refractivity contribution >= 4 is 27.3 Å². The second-order valence-electron chi connectivity index (χ2n) is 9.62. The fourth-order valence-electron chi connectivity index (χ4n) is 5.60. The number of aliphatic hydroxyl groups is 1. The van der Waals surface area contributed by atoms with Gasteiger partial charge in [0.15, 0.2) is 0 Å². The molecule has 2 aliphatic heterocycles. The molecule has 0 radical (unpaired) electrons. The van der Waals surface area contributed by atoms with Crippen LogP contribution in [0.4, 0.5) is 24.5 Å². The van der Waals surface area contributed by atoms with Crippen LogP contribution in [0.5, 0.6) is 0 Å². The van der Waals surface area contributed by atoms with E-state index in [0.29, 0.717) is 45.2 Å². The Hall–Kier alpha value is -2.01. The summed E-state index contributed by atoms with van der Waals surface area (Å²) in [6.45, 7) is 1.20. The molecule has 1 aromatic rings. The van der Waals surface area contributed by atoms with Crippen LogP contribution in [0.3, 0.4) is 0 Å². The number of alkyl halides is 3. The lowest BCUT2D eigenvalue weighted by Gasteiger charge is -2.42. The summed E-state index contributed by atoms with van der Waals surface area (Å²) < 4.78 is 66.7. The van der Waals surface area contributed by atoms with Crippen molar-refractivity contribution in [3.63, 3.8) is 0 Å². The minimum Gasteiger partial charge on any atom is -0.393 e. The normalized spacial score (nSPS) is 29.1. The Labute approximate surface area is 192 Å². The standard InChI is InChI=1S/C22H30F3N3O4S/c1-33(31,32)26-15-3-8-19(18(13-15)22(23,24)25)27-11-2-9-21(14-27)10-12-28(20(21)30)16-4-6-17(29)7-5-16/h3,8,13,16-17,26,29H,2,4-7,9-12,14H2,1H3/t16-,17-,21-/m1/s1. The van der Waals surface area contributed by atoms with E-state index in [1.807, 2.05) is 4.90 Å². The Kier molecular flexibility index (Phi) is 6.32. The molecule has 0 bridgehead atoms. The van der Waals surface area contributed by atoms with E-state index in [2.05, 4.69) is 4.72 Å². The molecule has 1 atom stereocenters. The van der Waals surface area contributed by atoms with Crippen molar-refractivity contribution in [2.75, 3.05) is 35.5 Å². The molecule has 2 saturated heterocycles. The summed E-state index contributed by atoms with van der Waals surface area (Å²) in [5, 5.41) is 9.77. The SMILES string of the molecule is CS(=O)(=O)Nc1ccc(N2CCC[C@@]3(CCN([C@H]4CC[C@H](O)CC4)C3=O)C2)c(C(F)(F)F)c1. The van der Waals surface area contributed by atoms with Gasteiger partial charge < -0.3 is 14.9 Å². The van der Waals surface area contributed by atoms with Gasteiger partial charge in [-0.2, -0.15) is 13.2 Å². The highest BCUT2D eigenvalue weighted by molar-refractivity contribution is 7.92. The molecule has 2 heterocycles. The van der Waals surface area contributed by atoms with Gasteiger partial charge in [0.1, 0.15) is 0 Å². The average molecular weight is 490 g/mol. The van der Waals surface area contributed by atoms with E-state index in [9.17, 15) is 31.5 Å². The fraction of sp³-hybridized carbons (Fsp3) is 0.682. The van der Waals surface area contributed by atoms with Gasteiger partial charge in [0.05, 0.1) is 23.3 Å². The van der Waals surface area contributed by atoms with E-state index < -0.39 is 27.2 Å². The number of hydrogen-bond donors (Lipinski definition) is 2. The smallest absolute Gasteiger partial charge is 0.393 e. The molecule has 184 valence electrons. The number of hydrogen-bond acceptors (Lipinski definition) is 5. The van der Waals surface area contributed by atoms with Crippen LogP contribution in [-0.4, -0.2) is 62.4 Å². The van der Waals surface area contributed by atoms with Crippen LogP contribution in [0.2, 0.25) is 0 Å². The molecule has 11 heteroatoms. The van der Waals surface area contributed by atoms with E-state index >= 15 is 0 Å². The van der Waals surface area contributed by atoms with Crippen LogP contribution in [0.15, 0.2) is 18.2 Å². The second kappa shape index (κ2) is 8.65. The quantitative estimate of drug-likeness (QED) is 0.678. The Balaban J connectivity index is 1.58. The molecular weight excluding hydrogens is 459 g/mol. The Morgan fingerprint density at radius 3 is 2.45 bits per heavy atom. The van der Waals surface area contributed by atoms with E-state index in [1.165, 1.54) is 12.1 Å². The minimum atomic E-state index is -4.68. The number of aliphatic hydroxyl groups excluding tert-OH is 1. The number of rotatable bonds is 4. The molecule has 0 aromatic heterocycles. The molecule has 1 saturated carbocycles.